The van der Waals surface area contributed by atoms with Crippen LogP contribution < -0.4 is 10.0 Å². The normalized spacial score (nSPS) is 20.1. The maximum Gasteiger partial charge on any atom is 0.416 e. The topological polar surface area (TPSA) is 41.9 Å². The SMILES string of the molecule is CC(C)(C)n1ncc(C(NSc2ccc(C(F)(F)F)cc2)C2CC2)c1C1NC=CC=C1Br. The van der Waals surface area contributed by atoms with E-state index >= 15 is 0 Å². The van der Waals surface area contributed by atoms with Gasteiger partial charge in [0.15, 0.2) is 0 Å². The molecule has 1 aromatic carbocycles. The molecular formula is C23H26BrF3N4S. The first-order valence-electron chi connectivity index (χ1n) is 10.5. The molecule has 4 rings (SSSR count). The fourth-order valence-electron chi connectivity index (χ4n) is 3.80. The molecule has 0 amide bonds. The van der Waals surface area contributed by atoms with Crippen molar-refractivity contribution in [1.82, 2.24) is 19.8 Å². The number of nitrogens with zero attached hydrogens (tertiary/aromatic N) is 2. The third kappa shape index (κ3) is 5.10. The van der Waals surface area contributed by atoms with Crippen molar-refractivity contribution < 1.29 is 13.2 Å². The molecule has 0 radical (unpaired) electrons. The molecule has 4 nitrogen and oxygen atoms in total. The third-order valence-electron chi connectivity index (χ3n) is 5.55. The molecular weight excluding hydrogens is 501 g/mol. The van der Waals surface area contributed by atoms with Crippen LogP contribution in [-0.2, 0) is 11.7 Å². The largest absolute Gasteiger partial charge is 0.416 e. The fourth-order valence-corrected chi connectivity index (χ4v) is 5.15. The maximum atomic E-state index is 12.9. The highest BCUT2D eigenvalue weighted by molar-refractivity contribution is 9.11. The zero-order valence-electron chi connectivity index (χ0n) is 18.1. The van der Waals surface area contributed by atoms with E-state index in [1.54, 1.807) is 0 Å². The molecule has 2 atom stereocenters. The Morgan fingerprint density at radius 1 is 1.19 bits per heavy atom. The highest BCUT2D eigenvalue weighted by Crippen LogP contribution is 2.46. The van der Waals surface area contributed by atoms with E-state index in [2.05, 4.69) is 51.4 Å². The number of hydrogen-bond donors (Lipinski definition) is 2. The van der Waals surface area contributed by atoms with Gasteiger partial charge in [-0.05, 0) is 94.1 Å². The zero-order valence-corrected chi connectivity index (χ0v) is 20.5. The second kappa shape index (κ2) is 8.91. The van der Waals surface area contributed by atoms with Crippen molar-refractivity contribution in [3.8, 4) is 0 Å². The van der Waals surface area contributed by atoms with Crippen molar-refractivity contribution in [2.45, 2.75) is 62.3 Å². The highest BCUT2D eigenvalue weighted by atomic mass is 79.9. The first kappa shape index (κ1) is 23.4. The summed E-state index contributed by atoms with van der Waals surface area (Å²) in [5.74, 6) is 0.468. The number of nitrogens with one attached hydrogen (secondary N) is 2. The summed E-state index contributed by atoms with van der Waals surface area (Å²) in [5.41, 5.74) is 1.35. The molecule has 32 heavy (non-hydrogen) atoms. The van der Waals surface area contributed by atoms with Gasteiger partial charge in [-0.15, -0.1) is 0 Å². The van der Waals surface area contributed by atoms with Crippen LogP contribution in [0.1, 0.15) is 62.5 Å². The van der Waals surface area contributed by atoms with Gasteiger partial charge in [0.05, 0.1) is 23.0 Å². The Kier molecular flexibility index (Phi) is 6.53. The van der Waals surface area contributed by atoms with Crippen LogP contribution in [0, 0.1) is 5.92 Å². The predicted octanol–water partition coefficient (Wildman–Crippen LogP) is 6.84. The lowest BCUT2D eigenvalue weighted by molar-refractivity contribution is -0.137. The summed E-state index contributed by atoms with van der Waals surface area (Å²) in [6.45, 7) is 6.38. The number of dihydropyridines is 1. The Morgan fingerprint density at radius 2 is 1.88 bits per heavy atom. The molecule has 2 N–H and O–H groups in total. The van der Waals surface area contributed by atoms with Gasteiger partial charge in [0.25, 0.3) is 0 Å². The minimum absolute atomic E-state index is 0.0430. The number of halogens is 4. The number of alkyl halides is 3. The number of aromatic nitrogens is 2. The Morgan fingerprint density at radius 3 is 2.44 bits per heavy atom. The molecule has 1 aliphatic heterocycles. The van der Waals surface area contributed by atoms with Crippen molar-refractivity contribution >= 4 is 27.9 Å². The second-order valence-electron chi connectivity index (χ2n) is 9.14. The maximum absolute atomic E-state index is 12.9. The van der Waals surface area contributed by atoms with Crippen molar-refractivity contribution in [3.63, 3.8) is 0 Å². The lowest BCUT2D eigenvalue weighted by Gasteiger charge is -2.30. The number of benzene rings is 1. The minimum Gasteiger partial charge on any atom is -0.378 e. The summed E-state index contributed by atoms with van der Waals surface area (Å²) in [5, 5.41) is 8.19. The molecule has 1 aliphatic carbocycles. The van der Waals surface area contributed by atoms with E-state index < -0.39 is 11.7 Å². The quantitative estimate of drug-likeness (QED) is 0.404. The van der Waals surface area contributed by atoms with Crippen LogP contribution >= 0.6 is 27.9 Å². The van der Waals surface area contributed by atoms with Gasteiger partial charge in [-0.1, -0.05) is 15.9 Å². The van der Waals surface area contributed by atoms with Crippen LogP contribution in [0.4, 0.5) is 13.2 Å². The molecule has 2 aromatic rings. The second-order valence-corrected chi connectivity index (χ2v) is 11.0. The van der Waals surface area contributed by atoms with Crippen molar-refractivity contribution in [2.75, 3.05) is 0 Å². The highest BCUT2D eigenvalue weighted by Gasteiger charge is 2.38. The summed E-state index contributed by atoms with van der Waals surface area (Å²) >= 11 is 5.07. The van der Waals surface area contributed by atoms with E-state index in [4.69, 9.17) is 5.10 Å². The summed E-state index contributed by atoms with van der Waals surface area (Å²) in [7, 11) is 0. The van der Waals surface area contributed by atoms with E-state index in [1.165, 1.54) is 24.1 Å². The fraction of sp³-hybridized carbons (Fsp3) is 0.435. The van der Waals surface area contributed by atoms with Gasteiger partial charge in [0.2, 0.25) is 0 Å². The van der Waals surface area contributed by atoms with Crippen LogP contribution in [0.2, 0.25) is 0 Å². The van der Waals surface area contributed by atoms with Crippen molar-refractivity contribution in [1.29, 1.82) is 0 Å². The summed E-state index contributed by atoms with van der Waals surface area (Å²) in [6, 6.07) is 5.25. The van der Waals surface area contributed by atoms with Crippen LogP contribution in [-0.4, -0.2) is 9.78 Å². The molecule has 9 heteroatoms. The van der Waals surface area contributed by atoms with Gasteiger partial charge in [-0.25, -0.2) is 0 Å². The van der Waals surface area contributed by atoms with Gasteiger partial charge >= 0.3 is 6.18 Å². The van der Waals surface area contributed by atoms with Gasteiger partial charge in [0.1, 0.15) is 6.04 Å². The Balaban J connectivity index is 1.62. The first-order valence-corrected chi connectivity index (χ1v) is 12.1. The number of allylic oxidation sites excluding steroid dienone is 2. The monoisotopic (exact) mass is 526 g/mol. The smallest absolute Gasteiger partial charge is 0.378 e. The minimum atomic E-state index is -4.33. The van der Waals surface area contributed by atoms with E-state index in [0.29, 0.717) is 5.92 Å². The van der Waals surface area contributed by atoms with Gasteiger partial charge in [0, 0.05) is 21.0 Å². The lowest BCUT2D eigenvalue weighted by atomic mass is 9.97. The summed E-state index contributed by atoms with van der Waals surface area (Å²) < 4.78 is 45.2. The average Bonchev–Trinajstić information content (AvgIpc) is 3.45. The van der Waals surface area contributed by atoms with E-state index in [-0.39, 0.29) is 17.6 Å². The molecule has 2 aliphatic rings. The Hall–Kier alpha value is -1.71. The Labute approximate surface area is 199 Å². The van der Waals surface area contributed by atoms with E-state index in [0.717, 1.165) is 45.6 Å². The van der Waals surface area contributed by atoms with E-state index in [1.807, 2.05) is 24.5 Å². The average molecular weight is 527 g/mol. The van der Waals surface area contributed by atoms with Gasteiger partial charge < -0.3 is 5.32 Å². The molecule has 1 fully saturated rings. The lowest BCUT2D eigenvalue weighted by Crippen LogP contribution is -2.32. The molecule has 172 valence electrons. The predicted molar refractivity (Wildman–Crippen MR) is 125 cm³/mol. The van der Waals surface area contributed by atoms with Crippen LogP contribution in [0.25, 0.3) is 0 Å². The summed E-state index contributed by atoms with van der Waals surface area (Å²) in [6.07, 6.45) is 5.74. The Bertz CT molecular complexity index is 1020. The number of hydrogen-bond acceptors (Lipinski definition) is 4. The van der Waals surface area contributed by atoms with Crippen LogP contribution in [0.15, 0.2) is 58.2 Å². The standard InChI is InChI=1S/C23H26BrF3N4S/c1-22(2,3)31-21(20-18(24)5-4-12-28-20)17(13-29-31)19(14-6-7-14)30-32-16-10-8-15(9-11-16)23(25,26)27/h4-5,8-14,19-20,28,30H,6-7H2,1-3H3. The third-order valence-corrected chi connectivity index (χ3v) is 7.15. The van der Waals surface area contributed by atoms with Crippen LogP contribution in [0.5, 0.6) is 0 Å². The van der Waals surface area contributed by atoms with Gasteiger partial charge in [-0.3, -0.25) is 9.40 Å². The molecule has 1 saturated carbocycles. The summed E-state index contributed by atoms with van der Waals surface area (Å²) in [4.78, 5) is 0.744. The van der Waals surface area contributed by atoms with Crippen molar-refractivity contribution in [3.05, 3.63) is 70.1 Å². The molecule has 1 aromatic heterocycles. The zero-order chi connectivity index (χ0) is 23.1. The van der Waals surface area contributed by atoms with Gasteiger partial charge in [-0.2, -0.15) is 18.3 Å². The molecule has 2 unspecified atom stereocenters. The van der Waals surface area contributed by atoms with E-state index in [9.17, 15) is 13.2 Å². The molecule has 2 heterocycles. The molecule has 0 bridgehead atoms. The number of rotatable bonds is 6. The van der Waals surface area contributed by atoms with Crippen LogP contribution in [0.3, 0.4) is 0 Å². The first-order chi connectivity index (χ1) is 15.1. The molecule has 0 spiro atoms. The molecule has 0 saturated heterocycles. The van der Waals surface area contributed by atoms with Crippen molar-refractivity contribution in [2.24, 2.45) is 5.92 Å².